The number of carbonyl (C=O) groups excluding carboxylic acids is 1. The van der Waals surface area contributed by atoms with Crippen LogP contribution in [0.25, 0.3) is 0 Å². The Labute approximate surface area is 138 Å². The van der Waals surface area contributed by atoms with E-state index < -0.39 is 0 Å². The summed E-state index contributed by atoms with van der Waals surface area (Å²) in [4.78, 5) is 26.4. The lowest BCUT2D eigenvalue weighted by Gasteiger charge is -2.46. The molecule has 2 aromatic rings. The zero-order valence-electron chi connectivity index (χ0n) is 12.5. The third-order valence-electron chi connectivity index (χ3n) is 4.10. The summed E-state index contributed by atoms with van der Waals surface area (Å²) in [5.41, 5.74) is 0. The van der Waals surface area contributed by atoms with Crippen LogP contribution in [0, 0.1) is 0 Å². The minimum Gasteiger partial charge on any atom is -0.473 e. The average Bonchev–Trinajstić information content (AvgIpc) is 2.99. The van der Waals surface area contributed by atoms with Crippen LogP contribution in [0.3, 0.4) is 0 Å². The van der Waals surface area contributed by atoms with E-state index in [1.54, 1.807) is 24.7 Å². The van der Waals surface area contributed by atoms with Gasteiger partial charge in [0.05, 0.1) is 4.75 Å². The number of carbonyl (C=O) groups is 1. The van der Waals surface area contributed by atoms with Gasteiger partial charge in [0, 0.05) is 49.9 Å². The van der Waals surface area contributed by atoms with Gasteiger partial charge in [-0.2, -0.15) is 0 Å². The molecule has 4 rings (SSSR count). The first-order valence-electron chi connectivity index (χ1n) is 7.52. The summed E-state index contributed by atoms with van der Waals surface area (Å²) < 4.78 is 6.04. The topological polar surface area (TPSA) is 68.2 Å². The van der Waals surface area contributed by atoms with E-state index in [0.29, 0.717) is 5.88 Å². The quantitative estimate of drug-likeness (QED) is 0.853. The summed E-state index contributed by atoms with van der Waals surface area (Å²) >= 11 is 1.89. The third-order valence-corrected chi connectivity index (χ3v) is 5.68. The second-order valence-corrected chi connectivity index (χ2v) is 7.33. The number of nitrogens with zero attached hydrogens (tertiary/aromatic N) is 4. The van der Waals surface area contributed by atoms with Crippen molar-refractivity contribution in [2.45, 2.75) is 17.3 Å². The van der Waals surface area contributed by atoms with E-state index in [0.717, 1.165) is 25.3 Å². The fraction of sp³-hybridized carbons (Fsp3) is 0.375. The molecule has 2 aliphatic heterocycles. The summed E-state index contributed by atoms with van der Waals surface area (Å²) in [6.07, 6.45) is 6.01. The molecule has 0 saturated carbocycles. The van der Waals surface area contributed by atoms with Crippen molar-refractivity contribution in [1.29, 1.82) is 0 Å². The Hall–Kier alpha value is -2.15. The van der Waals surface area contributed by atoms with E-state index in [-0.39, 0.29) is 22.6 Å². The van der Waals surface area contributed by atoms with Gasteiger partial charge < -0.3 is 9.64 Å². The van der Waals surface area contributed by atoms with Crippen LogP contribution in [0.15, 0.2) is 42.9 Å². The summed E-state index contributed by atoms with van der Waals surface area (Å²) in [5, 5.41) is 0. The summed E-state index contributed by atoms with van der Waals surface area (Å²) in [6, 6.07) is 7.38. The summed E-state index contributed by atoms with van der Waals surface area (Å²) in [5.74, 6) is 1.78. The van der Waals surface area contributed by atoms with E-state index in [1.807, 2.05) is 34.9 Å². The molecule has 7 heteroatoms. The number of rotatable bonds is 3. The Bertz CT molecular complexity index is 692. The summed E-state index contributed by atoms with van der Waals surface area (Å²) in [6.45, 7) is 1.47. The Morgan fingerprint density at radius 3 is 2.70 bits per heavy atom. The molecule has 0 N–H and O–H groups in total. The van der Waals surface area contributed by atoms with Crippen LogP contribution in [-0.4, -0.2) is 55.5 Å². The molecule has 1 amide bonds. The smallest absolute Gasteiger partial charge is 0.291 e. The van der Waals surface area contributed by atoms with Crippen molar-refractivity contribution in [3.8, 4) is 5.88 Å². The number of hydrogen-bond acceptors (Lipinski definition) is 6. The summed E-state index contributed by atoms with van der Waals surface area (Å²) in [7, 11) is 0. The van der Waals surface area contributed by atoms with Gasteiger partial charge in [0.25, 0.3) is 5.91 Å². The van der Waals surface area contributed by atoms with Crippen LogP contribution < -0.4 is 4.74 Å². The Morgan fingerprint density at radius 1 is 1.17 bits per heavy atom. The van der Waals surface area contributed by atoms with Crippen LogP contribution >= 0.6 is 11.8 Å². The van der Waals surface area contributed by atoms with E-state index >= 15 is 0 Å². The maximum absolute atomic E-state index is 12.3. The molecule has 118 valence electrons. The van der Waals surface area contributed by atoms with E-state index in [2.05, 4.69) is 15.0 Å². The molecular formula is C16H16N4O2S. The standard InChI is InChI=1S/C16H16N4O2S/c21-15(14-18-6-3-7-19-14)20-10-16(11-20)8-12(9-23-16)22-13-4-1-2-5-17-13/h1-7,12H,8-11H2/t12-/m1/s1. The minimum absolute atomic E-state index is 0.0917. The van der Waals surface area contributed by atoms with Crippen molar-refractivity contribution in [3.63, 3.8) is 0 Å². The Morgan fingerprint density at radius 2 is 1.96 bits per heavy atom. The Balaban J connectivity index is 1.34. The van der Waals surface area contributed by atoms with Gasteiger partial charge in [-0.25, -0.2) is 15.0 Å². The zero-order chi connectivity index (χ0) is 15.7. The molecule has 0 aliphatic carbocycles. The number of amides is 1. The van der Waals surface area contributed by atoms with Gasteiger partial charge >= 0.3 is 0 Å². The fourth-order valence-electron chi connectivity index (χ4n) is 3.03. The lowest BCUT2D eigenvalue weighted by molar-refractivity contribution is 0.0503. The molecule has 0 bridgehead atoms. The van der Waals surface area contributed by atoms with Gasteiger partial charge in [0.2, 0.25) is 11.7 Å². The highest BCUT2D eigenvalue weighted by molar-refractivity contribution is 8.01. The maximum Gasteiger partial charge on any atom is 0.291 e. The van der Waals surface area contributed by atoms with E-state index in [4.69, 9.17) is 4.74 Å². The van der Waals surface area contributed by atoms with Crippen molar-refractivity contribution in [1.82, 2.24) is 19.9 Å². The SMILES string of the molecule is O=C(c1ncccn1)N1CC2(C[C@@H](Oc3ccccn3)CS2)C1. The second-order valence-electron chi connectivity index (χ2n) is 5.84. The molecule has 0 radical (unpaired) electrons. The fourth-order valence-corrected chi connectivity index (χ4v) is 4.55. The monoisotopic (exact) mass is 328 g/mol. The van der Waals surface area contributed by atoms with Crippen molar-refractivity contribution in [2.75, 3.05) is 18.8 Å². The number of ether oxygens (including phenoxy) is 1. The van der Waals surface area contributed by atoms with E-state index in [9.17, 15) is 4.79 Å². The predicted molar refractivity (Wildman–Crippen MR) is 86.4 cm³/mol. The Kier molecular flexibility index (Phi) is 3.65. The van der Waals surface area contributed by atoms with Crippen LogP contribution in [-0.2, 0) is 0 Å². The first kappa shape index (κ1) is 14.4. The zero-order valence-corrected chi connectivity index (χ0v) is 13.3. The van der Waals surface area contributed by atoms with Crippen LogP contribution in [0.1, 0.15) is 17.0 Å². The molecule has 6 nitrogen and oxygen atoms in total. The molecular weight excluding hydrogens is 312 g/mol. The molecule has 0 unspecified atom stereocenters. The number of thioether (sulfide) groups is 1. The highest BCUT2D eigenvalue weighted by atomic mass is 32.2. The maximum atomic E-state index is 12.3. The van der Waals surface area contributed by atoms with Crippen molar-refractivity contribution >= 4 is 17.7 Å². The van der Waals surface area contributed by atoms with Gasteiger partial charge in [-0.3, -0.25) is 4.79 Å². The second kappa shape index (κ2) is 5.81. The normalized spacial score (nSPS) is 21.9. The molecule has 0 aromatic carbocycles. The van der Waals surface area contributed by atoms with Gasteiger partial charge in [0.15, 0.2) is 0 Å². The molecule has 2 saturated heterocycles. The van der Waals surface area contributed by atoms with Gasteiger partial charge in [0.1, 0.15) is 6.10 Å². The molecule has 4 heterocycles. The lowest BCUT2D eigenvalue weighted by Crippen LogP contribution is -2.61. The number of hydrogen-bond donors (Lipinski definition) is 0. The van der Waals surface area contributed by atoms with Crippen LogP contribution in [0.4, 0.5) is 0 Å². The number of aromatic nitrogens is 3. The van der Waals surface area contributed by atoms with Crippen LogP contribution in [0.2, 0.25) is 0 Å². The van der Waals surface area contributed by atoms with Gasteiger partial charge in [-0.15, -0.1) is 11.8 Å². The highest BCUT2D eigenvalue weighted by Crippen LogP contribution is 2.46. The number of pyridine rings is 1. The average molecular weight is 328 g/mol. The predicted octanol–water partition coefficient (Wildman–Crippen LogP) is 1.65. The van der Waals surface area contributed by atoms with Gasteiger partial charge in [-0.05, 0) is 12.1 Å². The van der Waals surface area contributed by atoms with Crippen molar-refractivity contribution < 1.29 is 9.53 Å². The van der Waals surface area contributed by atoms with Crippen LogP contribution in [0.5, 0.6) is 5.88 Å². The number of likely N-dealkylation sites (tertiary alicyclic amines) is 1. The van der Waals surface area contributed by atoms with Crippen molar-refractivity contribution in [3.05, 3.63) is 48.7 Å². The lowest BCUT2D eigenvalue weighted by atomic mass is 9.93. The third kappa shape index (κ3) is 2.88. The highest BCUT2D eigenvalue weighted by Gasteiger charge is 2.51. The largest absolute Gasteiger partial charge is 0.473 e. The first-order chi connectivity index (χ1) is 11.2. The molecule has 1 spiro atoms. The molecule has 2 aliphatic rings. The van der Waals surface area contributed by atoms with Crippen molar-refractivity contribution in [2.24, 2.45) is 0 Å². The first-order valence-corrected chi connectivity index (χ1v) is 8.51. The molecule has 2 fully saturated rings. The molecule has 23 heavy (non-hydrogen) atoms. The van der Waals surface area contributed by atoms with Gasteiger partial charge in [-0.1, -0.05) is 6.07 Å². The minimum atomic E-state index is -0.0917. The molecule has 1 atom stereocenters. The van der Waals surface area contributed by atoms with E-state index in [1.165, 1.54) is 0 Å². The molecule has 2 aromatic heterocycles.